The van der Waals surface area contributed by atoms with Crippen LogP contribution in [-0.4, -0.2) is 27.9 Å². The predicted octanol–water partition coefficient (Wildman–Crippen LogP) is 0.937. The number of nitrogens with two attached hydrogens (primary N) is 2. The first kappa shape index (κ1) is 18.9. The number of carbonyl (C=O) groups excluding carboxylic acids is 1. The first-order valence-electron chi connectivity index (χ1n) is 2.97. The van der Waals surface area contributed by atoms with Crippen LogP contribution in [0.15, 0.2) is 0 Å². The molecule has 1 aliphatic rings. The van der Waals surface area contributed by atoms with E-state index in [1.54, 1.807) is 0 Å². The predicted molar refractivity (Wildman–Crippen MR) is 42.5 cm³/mol. The van der Waals surface area contributed by atoms with Crippen LogP contribution in [0.3, 0.4) is 0 Å². The van der Waals surface area contributed by atoms with Gasteiger partial charge >= 0.3 is 33.0 Å². The van der Waals surface area contributed by atoms with Crippen molar-refractivity contribution in [1.82, 2.24) is 0 Å². The molecule has 14 heavy (non-hydrogen) atoms. The molecule has 0 aromatic rings. The second-order valence-electron chi connectivity index (χ2n) is 2.58. The summed E-state index contributed by atoms with van der Waals surface area (Å²) in [6.07, 6.45) is -0.755. The first-order chi connectivity index (χ1) is 4.99. The van der Waals surface area contributed by atoms with Gasteiger partial charge in [-0.05, 0) is 0 Å². The normalized spacial score (nSPS) is 16.1. The fraction of sp³-hybridized carbons (Fsp3) is 0.500. The Hall–Kier alpha value is -0.782. The van der Waals surface area contributed by atoms with Gasteiger partial charge in [0.05, 0.1) is 0 Å². The van der Waals surface area contributed by atoms with Gasteiger partial charge < -0.3 is 22.5 Å². The topological polar surface area (TPSA) is 159 Å². The number of carboxylic acids is 2. The Bertz CT molecular complexity index is 231. The van der Waals surface area contributed by atoms with Crippen molar-refractivity contribution in [2.45, 2.75) is 12.8 Å². The molecule has 0 saturated heterocycles. The van der Waals surface area contributed by atoms with Gasteiger partial charge in [0.2, 0.25) is 0 Å². The molecule has 0 amide bonds. The zero-order valence-corrected chi connectivity index (χ0v) is 9.28. The molecule has 0 aromatic heterocycles. The Morgan fingerprint density at radius 3 is 1.43 bits per heavy atom. The van der Waals surface area contributed by atoms with Crippen LogP contribution >= 0.6 is 0 Å². The molecule has 1 rings (SSSR count). The average Bonchev–Trinajstić information content (AvgIpc) is 1.78. The summed E-state index contributed by atoms with van der Waals surface area (Å²) in [7, 11) is 0. The number of hydrogen-bond donors (Lipinski definition) is 2. The van der Waals surface area contributed by atoms with Crippen molar-refractivity contribution in [2.24, 2.45) is 5.41 Å². The van der Waals surface area contributed by atoms with Crippen molar-refractivity contribution >= 4 is 17.7 Å². The summed E-state index contributed by atoms with van der Waals surface area (Å²) < 4.78 is 0. The minimum atomic E-state index is -1.82. The van der Waals surface area contributed by atoms with Gasteiger partial charge in [-0.2, -0.15) is 0 Å². The number of ketones is 1. The summed E-state index contributed by atoms with van der Waals surface area (Å²) >= 11 is 0. The van der Waals surface area contributed by atoms with Crippen molar-refractivity contribution < 1.29 is 45.7 Å². The quantitative estimate of drug-likeness (QED) is 0.676. The molecule has 0 radical (unpaired) electrons. The maximum absolute atomic E-state index is 10.4. The van der Waals surface area contributed by atoms with Crippen LogP contribution in [-0.2, 0) is 35.4 Å². The van der Waals surface area contributed by atoms with E-state index in [2.05, 4.69) is 0 Å². The molecule has 1 fully saturated rings. The van der Waals surface area contributed by atoms with E-state index in [0.29, 0.717) is 0 Å². The van der Waals surface area contributed by atoms with Crippen molar-refractivity contribution in [3.63, 3.8) is 0 Å². The van der Waals surface area contributed by atoms with E-state index in [1.165, 1.54) is 0 Å². The number of carboxylic acid groups (broad SMARTS) is 2. The van der Waals surface area contributed by atoms with E-state index in [0.717, 1.165) is 0 Å². The third kappa shape index (κ3) is 2.60. The number of Topliss-reactive ketones (excluding diaryl/α,β-unsaturated/α-hetero) is 1. The third-order valence-corrected chi connectivity index (χ3v) is 1.82. The molecule has 0 spiro atoms. The number of carbonyl (C=O) groups is 3. The molecular formula is C6H10N2O5Pt. The first-order valence-corrected chi connectivity index (χ1v) is 2.97. The van der Waals surface area contributed by atoms with Gasteiger partial charge in [-0.25, -0.2) is 0 Å². The monoisotopic (exact) mass is 385 g/mol. The van der Waals surface area contributed by atoms with E-state index < -0.39 is 17.4 Å². The van der Waals surface area contributed by atoms with Crippen molar-refractivity contribution in [3.05, 3.63) is 12.3 Å². The van der Waals surface area contributed by atoms with E-state index >= 15 is 0 Å². The minimum absolute atomic E-state index is 0. The van der Waals surface area contributed by atoms with E-state index in [4.69, 9.17) is 10.2 Å². The Labute approximate surface area is 94.3 Å². The molecule has 84 valence electrons. The molecule has 6 N–H and O–H groups in total. The van der Waals surface area contributed by atoms with Crippen LogP contribution < -0.4 is 0 Å². The smallest absolute Gasteiger partial charge is 0.693 e. The minimum Gasteiger partial charge on any atom is -0.693 e. The zero-order valence-electron chi connectivity index (χ0n) is 7.00. The van der Waals surface area contributed by atoms with Gasteiger partial charge in [0.15, 0.2) is 5.41 Å². The Kier molecular flexibility index (Phi) is 7.89. The number of rotatable bonds is 2. The Morgan fingerprint density at radius 2 is 1.36 bits per heavy atom. The van der Waals surface area contributed by atoms with E-state index in [1.807, 2.05) is 0 Å². The van der Waals surface area contributed by atoms with Crippen LogP contribution in [0.1, 0.15) is 12.8 Å². The molecule has 1 aliphatic carbocycles. The van der Waals surface area contributed by atoms with Crippen LogP contribution in [0.4, 0.5) is 0 Å². The van der Waals surface area contributed by atoms with Crippen molar-refractivity contribution in [1.29, 1.82) is 0 Å². The molecule has 8 heteroatoms. The van der Waals surface area contributed by atoms with Gasteiger partial charge in [-0.3, -0.25) is 14.4 Å². The second kappa shape index (κ2) is 5.85. The number of aliphatic carboxylic acids is 2. The average molecular weight is 385 g/mol. The summed E-state index contributed by atoms with van der Waals surface area (Å²) in [6.45, 7) is 0. The third-order valence-electron chi connectivity index (χ3n) is 1.82. The van der Waals surface area contributed by atoms with Gasteiger partial charge in [0.1, 0.15) is 5.78 Å². The van der Waals surface area contributed by atoms with Crippen molar-refractivity contribution in [2.75, 3.05) is 0 Å². The van der Waals surface area contributed by atoms with E-state index in [9.17, 15) is 14.4 Å². The van der Waals surface area contributed by atoms with Crippen LogP contribution in [0, 0.1) is 5.41 Å². The molecule has 7 nitrogen and oxygen atoms in total. The summed E-state index contributed by atoms with van der Waals surface area (Å²) in [4.78, 5) is 31.1. The maximum atomic E-state index is 10.4. The summed E-state index contributed by atoms with van der Waals surface area (Å²) in [5.74, 6) is -3.16. The molecule has 0 bridgehead atoms. The van der Waals surface area contributed by atoms with E-state index in [-0.39, 0.29) is 52.0 Å². The molecule has 0 heterocycles. The zero-order chi connectivity index (χ0) is 8.65. The Balaban J connectivity index is -0.000000403. The largest absolute Gasteiger partial charge is 2.00 e. The Morgan fingerprint density at radius 1 is 1.07 bits per heavy atom. The fourth-order valence-corrected chi connectivity index (χ4v) is 1.02. The van der Waals surface area contributed by atoms with Crippen LogP contribution in [0.25, 0.3) is 12.3 Å². The standard InChI is InChI=1S/C6H6O5.2H2N.Pt/c7-3-1-6(2-3,4(8)9)5(10)11;;;/h1-2H2,(H,8,9)(H,10,11);2*1H2;/q;2*-1;+2. The molecular weight excluding hydrogens is 375 g/mol. The molecule has 0 aliphatic heterocycles. The summed E-state index contributed by atoms with van der Waals surface area (Å²) in [6, 6.07) is 0. The van der Waals surface area contributed by atoms with Gasteiger partial charge in [0.25, 0.3) is 0 Å². The second-order valence-corrected chi connectivity index (χ2v) is 2.58. The molecule has 0 unspecified atom stereocenters. The van der Waals surface area contributed by atoms with Crippen LogP contribution in [0.5, 0.6) is 0 Å². The fourth-order valence-electron chi connectivity index (χ4n) is 1.02. The summed E-state index contributed by atoms with van der Waals surface area (Å²) in [5.41, 5.74) is -1.82. The SMILES string of the molecule is O=C1CC(C(=O)O)(C(=O)O)C1.[NH2-].[NH2-].[Pt+2]. The molecule has 0 atom stereocenters. The summed E-state index contributed by atoms with van der Waals surface area (Å²) in [5, 5.41) is 16.9. The molecule has 0 aromatic carbocycles. The van der Waals surface area contributed by atoms with Gasteiger partial charge in [-0.1, -0.05) is 0 Å². The van der Waals surface area contributed by atoms with Crippen molar-refractivity contribution in [3.8, 4) is 0 Å². The maximum Gasteiger partial charge on any atom is 2.00 e. The van der Waals surface area contributed by atoms with Crippen LogP contribution in [0.2, 0.25) is 0 Å². The van der Waals surface area contributed by atoms with Gasteiger partial charge in [0, 0.05) is 12.8 Å². The molecule has 1 saturated carbocycles. The number of hydrogen-bond acceptors (Lipinski definition) is 3. The van der Waals surface area contributed by atoms with Gasteiger partial charge in [-0.15, -0.1) is 0 Å².